The van der Waals surface area contributed by atoms with Crippen molar-refractivity contribution in [3.05, 3.63) is 40.6 Å². The van der Waals surface area contributed by atoms with Crippen molar-refractivity contribution in [1.82, 2.24) is 9.97 Å². The van der Waals surface area contributed by atoms with Crippen LogP contribution in [-0.2, 0) is 18.3 Å². The summed E-state index contributed by atoms with van der Waals surface area (Å²) in [6, 6.07) is 7.42. The molecule has 1 N–H and O–H groups in total. The lowest BCUT2D eigenvalue weighted by Gasteiger charge is -2.27. The summed E-state index contributed by atoms with van der Waals surface area (Å²) < 4.78 is 34.4. The van der Waals surface area contributed by atoms with Gasteiger partial charge in [-0.3, -0.25) is 9.99 Å². The quantitative estimate of drug-likeness (QED) is 0.282. The number of aromatic nitrogens is 2. The highest BCUT2D eigenvalue weighted by molar-refractivity contribution is 7.62. The highest BCUT2D eigenvalue weighted by atomic mass is 35.5. The third-order valence-corrected chi connectivity index (χ3v) is 7.40. The lowest BCUT2D eigenvalue weighted by molar-refractivity contribution is 0.121. The Bertz CT molecular complexity index is 1120. The molecule has 0 amide bonds. The molecule has 0 radical (unpaired) electrons. The molecule has 13 heteroatoms. The number of halogens is 1. The van der Waals surface area contributed by atoms with Gasteiger partial charge in [0.15, 0.2) is 0 Å². The van der Waals surface area contributed by atoms with Gasteiger partial charge in [0.05, 0.1) is 18.9 Å². The minimum atomic E-state index is -3.63. The summed E-state index contributed by atoms with van der Waals surface area (Å²) in [5, 5.41) is 7.31. The number of rotatable bonds is 8. The van der Waals surface area contributed by atoms with E-state index in [1.807, 2.05) is 34.5 Å². The Morgan fingerprint density at radius 3 is 2.62 bits per heavy atom. The van der Waals surface area contributed by atoms with E-state index in [0.717, 1.165) is 11.3 Å². The molecule has 2 aromatic heterocycles. The van der Waals surface area contributed by atoms with E-state index in [2.05, 4.69) is 20.5 Å². The molecule has 1 aromatic carbocycles. The Morgan fingerprint density at radius 2 is 1.94 bits per heavy atom. The predicted molar refractivity (Wildman–Crippen MR) is 125 cm³/mol. The zero-order valence-electron chi connectivity index (χ0n) is 17.4. The molecule has 0 unspecified atom stereocenters. The number of hydrogen-bond donors (Lipinski definition) is 1. The first-order valence-electron chi connectivity index (χ1n) is 9.58. The highest BCUT2D eigenvalue weighted by Crippen LogP contribution is 2.47. The molecule has 3 aromatic rings. The summed E-state index contributed by atoms with van der Waals surface area (Å²) >= 11 is 7.33. The average molecular weight is 498 g/mol. The fraction of sp³-hybridized carbons (Fsp3) is 0.316. The average Bonchev–Trinajstić information content (AvgIpc) is 3.48. The van der Waals surface area contributed by atoms with E-state index >= 15 is 0 Å². The van der Waals surface area contributed by atoms with Crippen LogP contribution in [0.4, 0.5) is 11.0 Å². The summed E-state index contributed by atoms with van der Waals surface area (Å²) in [4.78, 5) is 10.7. The van der Waals surface area contributed by atoms with Crippen molar-refractivity contribution in [3.63, 3.8) is 0 Å². The van der Waals surface area contributed by atoms with E-state index in [-0.39, 0.29) is 11.3 Å². The molecular weight excluding hydrogens is 477 g/mol. The van der Waals surface area contributed by atoms with Crippen LogP contribution in [0, 0.1) is 0 Å². The van der Waals surface area contributed by atoms with Crippen LogP contribution in [0.3, 0.4) is 0 Å². The second-order valence-electron chi connectivity index (χ2n) is 6.56. The third kappa shape index (κ3) is 5.03. The first-order valence-corrected chi connectivity index (χ1v) is 12.4. The number of benzene rings is 1. The number of hydrazone groups is 1. The largest absolute Gasteiger partial charge is 0.418 e. The molecule has 0 saturated carbocycles. The van der Waals surface area contributed by atoms with Crippen molar-refractivity contribution in [3.8, 4) is 11.3 Å². The van der Waals surface area contributed by atoms with Crippen molar-refractivity contribution in [1.29, 1.82) is 0 Å². The molecule has 0 atom stereocenters. The number of morpholine rings is 1. The molecule has 1 aliphatic rings. The number of oxazole rings is 1. The van der Waals surface area contributed by atoms with E-state index in [1.165, 1.54) is 31.8 Å². The maximum absolute atomic E-state index is 13.0. The smallest absolute Gasteiger partial charge is 0.384 e. The minimum absolute atomic E-state index is 0.102. The molecule has 4 rings (SSSR count). The highest BCUT2D eigenvalue weighted by Gasteiger charge is 2.36. The van der Waals surface area contributed by atoms with E-state index in [0.29, 0.717) is 42.3 Å². The summed E-state index contributed by atoms with van der Waals surface area (Å²) in [5.74, 6) is 0.471. The topological polar surface area (TPSA) is 111 Å². The van der Waals surface area contributed by atoms with Crippen LogP contribution in [0.5, 0.6) is 0 Å². The SMILES string of the molecule is COP(=O)(OC)c1nc(/C=N/Nc2nc(-c3ccc(Cl)cc3)cs2)oc1N1CCOCC1. The van der Waals surface area contributed by atoms with Gasteiger partial charge in [0.2, 0.25) is 22.3 Å². The van der Waals surface area contributed by atoms with Crippen LogP contribution in [0.15, 0.2) is 39.2 Å². The Kier molecular flexibility index (Phi) is 7.24. The van der Waals surface area contributed by atoms with Gasteiger partial charge in [-0.15, -0.1) is 11.3 Å². The lowest BCUT2D eigenvalue weighted by Crippen LogP contribution is -2.38. The molecule has 0 aliphatic carbocycles. The van der Waals surface area contributed by atoms with Gasteiger partial charge in [-0.25, -0.2) is 4.98 Å². The third-order valence-electron chi connectivity index (χ3n) is 4.63. The van der Waals surface area contributed by atoms with Gasteiger partial charge in [0, 0.05) is 43.3 Å². The number of nitrogens with one attached hydrogen (secondary N) is 1. The molecule has 10 nitrogen and oxygen atoms in total. The van der Waals surface area contributed by atoms with Crippen LogP contribution in [0.25, 0.3) is 11.3 Å². The van der Waals surface area contributed by atoms with Crippen LogP contribution in [-0.4, -0.2) is 56.7 Å². The van der Waals surface area contributed by atoms with Gasteiger partial charge in [-0.05, 0) is 12.1 Å². The summed E-state index contributed by atoms with van der Waals surface area (Å²) in [6.45, 7) is 2.18. The number of anilines is 2. The zero-order chi connectivity index (χ0) is 22.6. The molecule has 0 spiro atoms. The van der Waals surface area contributed by atoms with Crippen LogP contribution < -0.4 is 15.8 Å². The molecule has 0 bridgehead atoms. The first kappa shape index (κ1) is 22.9. The number of ether oxygens (including phenoxy) is 1. The van der Waals surface area contributed by atoms with E-state index in [1.54, 1.807) is 0 Å². The van der Waals surface area contributed by atoms with Crippen molar-refractivity contribution in [2.45, 2.75) is 0 Å². The second-order valence-corrected chi connectivity index (χ2v) is 10.0. The van der Waals surface area contributed by atoms with Gasteiger partial charge in [-0.1, -0.05) is 23.7 Å². The van der Waals surface area contributed by atoms with Gasteiger partial charge in [0.25, 0.3) is 0 Å². The van der Waals surface area contributed by atoms with Gasteiger partial charge < -0.3 is 23.1 Å². The zero-order valence-corrected chi connectivity index (χ0v) is 19.8. The molecule has 170 valence electrons. The standard InChI is InChI=1S/C19H21ClN5O5PS/c1-27-31(26,28-2)17-18(25-7-9-29-10-8-25)30-16(23-17)11-21-24-19-22-15(12-32-19)13-3-5-14(20)6-4-13/h3-6,11-12H,7-10H2,1-2H3,(H,22,24)/b21-11+. The predicted octanol–water partition coefficient (Wildman–Crippen LogP) is 3.85. The van der Waals surface area contributed by atoms with Gasteiger partial charge in [0.1, 0.15) is 6.21 Å². The number of thiazole rings is 1. The molecule has 1 saturated heterocycles. The second kappa shape index (κ2) is 10.1. The first-order chi connectivity index (χ1) is 15.5. The summed E-state index contributed by atoms with van der Waals surface area (Å²) in [6.07, 6.45) is 1.38. The molecular formula is C19H21ClN5O5PS. The van der Waals surface area contributed by atoms with Crippen LogP contribution in [0.2, 0.25) is 5.02 Å². The maximum Gasteiger partial charge on any atom is 0.384 e. The van der Waals surface area contributed by atoms with Crippen molar-refractivity contribution >= 4 is 53.2 Å². The molecule has 1 aliphatic heterocycles. The van der Waals surface area contributed by atoms with Crippen LogP contribution >= 0.6 is 30.5 Å². The van der Waals surface area contributed by atoms with Gasteiger partial charge in [-0.2, -0.15) is 10.1 Å². The lowest BCUT2D eigenvalue weighted by atomic mass is 10.2. The fourth-order valence-corrected chi connectivity index (χ4v) is 4.93. The molecule has 32 heavy (non-hydrogen) atoms. The molecule has 3 heterocycles. The van der Waals surface area contributed by atoms with Crippen molar-refractivity contribution in [2.75, 3.05) is 50.8 Å². The minimum Gasteiger partial charge on any atom is -0.418 e. The molecule has 1 fully saturated rings. The van der Waals surface area contributed by atoms with Gasteiger partial charge >= 0.3 is 7.60 Å². The Labute approximate surface area is 193 Å². The number of hydrogen-bond acceptors (Lipinski definition) is 11. The van der Waals surface area contributed by atoms with Crippen molar-refractivity contribution < 1.29 is 22.8 Å². The monoisotopic (exact) mass is 497 g/mol. The number of nitrogens with zero attached hydrogens (tertiary/aromatic N) is 4. The summed E-state index contributed by atoms with van der Waals surface area (Å²) in [5.41, 5.74) is 4.71. The van der Waals surface area contributed by atoms with E-state index < -0.39 is 7.60 Å². The Morgan fingerprint density at radius 1 is 1.22 bits per heavy atom. The normalized spacial score (nSPS) is 14.9. The van der Waals surface area contributed by atoms with Crippen LogP contribution in [0.1, 0.15) is 5.89 Å². The van der Waals surface area contributed by atoms with Crippen molar-refractivity contribution in [2.24, 2.45) is 5.10 Å². The Hall–Kier alpha value is -2.27. The summed E-state index contributed by atoms with van der Waals surface area (Å²) in [7, 11) is -1.02. The van der Waals surface area contributed by atoms with E-state index in [9.17, 15) is 4.57 Å². The Balaban J connectivity index is 1.52. The fourth-order valence-electron chi connectivity index (χ4n) is 2.99. The van der Waals surface area contributed by atoms with E-state index in [4.69, 9.17) is 29.8 Å². The maximum atomic E-state index is 13.0.